The lowest BCUT2D eigenvalue weighted by atomic mass is 10.2. The molecular weight excluding hydrogens is 194 g/mol. The summed E-state index contributed by atoms with van der Waals surface area (Å²) in [5.41, 5.74) is 0.909. The molecule has 1 aliphatic carbocycles. The number of carboxylic acids is 1. The van der Waals surface area contributed by atoms with Gasteiger partial charge in [0, 0.05) is 18.0 Å². The lowest BCUT2D eigenvalue weighted by molar-refractivity contribution is 0.0691. The Balaban J connectivity index is 2.16. The summed E-state index contributed by atoms with van der Waals surface area (Å²) in [5.74, 6) is 0.0512. The number of carbonyl (C=O) groups is 1. The monoisotopic (exact) mass is 207 g/mol. The topological polar surface area (TPSA) is 59.4 Å². The van der Waals surface area contributed by atoms with Gasteiger partial charge in [0.15, 0.2) is 0 Å². The number of hydrogen-bond donors (Lipinski definition) is 1. The Kier molecular flexibility index (Phi) is 2.58. The van der Waals surface area contributed by atoms with Crippen LogP contribution in [0.25, 0.3) is 0 Å². The van der Waals surface area contributed by atoms with E-state index in [0.29, 0.717) is 18.3 Å². The molecular formula is C11H13NO3. The molecule has 0 aliphatic heterocycles. The standard InChI is InChI=1S/C11H13NO3/c1-7-4-10(15-6-8-2-3-8)9(5-12-7)11(13)14/h4-5,8H,2-3,6H2,1H3,(H,13,14). The highest BCUT2D eigenvalue weighted by Crippen LogP contribution is 2.30. The number of aryl methyl sites for hydroxylation is 1. The second-order valence-electron chi connectivity index (χ2n) is 3.88. The smallest absolute Gasteiger partial charge is 0.341 e. The van der Waals surface area contributed by atoms with Gasteiger partial charge < -0.3 is 9.84 Å². The van der Waals surface area contributed by atoms with Crippen molar-refractivity contribution in [2.24, 2.45) is 5.92 Å². The average Bonchev–Trinajstić information content (AvgIpc) is 2.97. The van der Waals surface area contributed by atoms with Gasteiger partial charge in [-0.25, -0.2) is 4.79 Å². The van der Waals surface area contributed by atoms with E-state index < -0.39 is 5.97 Å². The SMILES string of the molecule is Cc1cc(OCC2CC2)c(C(=O)O)cn1. The summed E-state index contributed by atoms with van der Waals surface area (Å²) in [6.07, 6.45) is 3.72. The molecule has 4 heteroatoms. The van der Waals surface area contributed by atoms with Crippen LogP contribution in [0, 0.1) is 12.8 Å². The van der Waals surface area contributed by atoms with Crippen molar-refractivity contribution in [1.29, 1.82) is 0 Å². The lowest BCUT2D eigenvalue weighted by Gasteiger charge is -2.08. The minimum atomic E-state index is -0.992. The molecule has 1 fully saturated rings. The van der Waals surface area contributed by atoms with Crippen LogP contribution in [0.2, 0.25) is 0 Å². The van der Waals surface area contributed by atoms with Crippen molar-refractivity contribution < 1.29 is 14.6 Å². The van der Waals surface area contributed by atoms with Crippen LogP contribution in [-0.2, 0) is 0 Å². The highest BCUT2D eigenvalue weighted by atomic mass is 16.5. The Labute approximate surface area is 87.9 Å². The zero-order valence-corrected chi connectivity index (χ0v) is 8.56. The van der Waals surface area contributed by atoms with Crippen molar-refractivity contribution in [3.63, 3.8) is 0 Å². The lowest BCUT2D eigenvalue weighted by Crippen LogP contribution is -2.06. The molecule has 0 bridgehead atoms. The number of pyridine rings is 1. The molecule has 2 rings (SSSR count). The molecule has 15 heavy (non-hydrogen) atoms. The number of hydrogen-bond acceptors (Lipinski definition) is 3. The molecule has 0 radical (unpaired) electrons. The van der Waals surface area contributed by atoms with Crippen molar-refractivity contribution in [1.82, 2.24) is 4.98 Å². The van der Waals surface area contributed by atoms with Crippen LogP contribution in [0.3, 0.4) is 0 Å². The third kappa shape index (κ3) is 2.46. The van der Waals surface area contributed by atoms with Crippen LogP contribution in [0.15, 0.2) is 12.3 Å². The van der Waals surface area contributed by atoms with Crippen LogP contribution in [0.1, 0.15) is 28.9 Å². The Bertz CT molecular complexity index is 385. The molecule has 0 atom stereocenters. The van der Waals surface area contributed by atoms with Gasteiger partial charge >= 0.3 is 5.97 Å². The van der Waals surface area contributed by atoms with E-state index >= 15 is 0 Å². The second-order valence-corrected chi connectivity index (χ2v) is 3.88. The quantitative estimate of drug-likeness (QED) is 0.818. The maximum absolute atomic E-state index is 10.9. The maximum atomic E-state index is 10.9. The van der Waals surface area contributed by atoms with E-state index in [1.165, 1.54) is 19.0 Å². The minimum Gasteiger partial charge on any atom is -0.492 e. The fourth-order valence-electron chi connectivity index (χ4n) is 1.31. The van der Waals surface area contributed by atoms with Gasteiger partial charge in [-0.15, -0.1) is 0 Å². The largest absolute Gasteiger partial charge is 0.492 e. The highest BCUT2D eigenvalue weighted by molar-refractivity contribution is 5.90. The summed E-state index contributed by atoms with van der Waals surface area (Å²) >= 11 is 0. The van der Waals surface area contributed by atoms with Gasteiger partial charge in [0.25, 0.3) is 0 Å². The van der Waals surface area contributed by atoms with Crippen LogP contribution < -0.4 is 4.74 Å². The summed E-state index contributed by atoms with van der Waals surface area (Å²) in [7, 11) is 0. The molecule has 1 N–H and O–H groups in total. The first-order valence-corrected chi connectivity index (χ1v) is 4.99. The van der Waals surface area contributed by atoms with Crippen LogP contribution >= 0.6 is 0 Å². The zero-order chi connectivity index (χ0) is 10.8. The molecule has 0 saturated heterocycles. The molecule has 1 aromatic rings. The Morgan fingerprint density at radius 2 is 2.40 bits per heavy atom. The summed E-state index contributed by atoms with van der Waals surface area (Å²) < 4.78 is 5.48. The van der Waals surface area contributed by atoms with Crippen LogP contribution in [-0.4, -0.2) is 22.7 Å². The molecule has 0 unspecified atom stereocenters. The minimum absolute atomic E-state index is 0.140. The molecule has 1 aliphatic rings. The van der Waals surface area contributed by atoms with E-state index in [1.807, 2.05) is 6.92 Å². The normalized spacial score (nSPS) is 15.0. The summed E-state index contributed by atoms with van der Waals surface area (Å²) in [6.45, 7) is 2.43. The van der Waals surface area contributed by atoms with Crippen molar-refractivity contribution in [2.45, 2.75) is 19.8 Å². The third-order valence-corrected chi connectivity index (χ3v) is 2.40. The van der Waals surface area contributed by atoms with Gasteiger partial charge in [-0.2, -0.15) is 0 Å². The van der Waals surface area contributed by atoms with E-state index in [4.69, 9.17) is 9.84 Å². The number of ether oxygens (including phenoxy) is 1. The van der Waals surface area contributed by atoms with Gasteiger partial charge in [-0.3, -0.25) is 4.98 Å². The maximum Gasteiger partial charge on any atom is 0.341 e. The molecule has 1 saturated carbocycles. The highest BCUT2D eigenvalue weighted by Gasteiger charge is 2.23. The first-order valence-electron chi connectivity index (χ1n) is 4.99. The molecule has 0 spiro atoms. The number of aromatic nitrogens is 1. The van der Waals surface area contributed by atoms with E-state index in [9.17, 15) is 4.79 Å². The molecule has 1 heterocycles. The fourth-order valence-corrected chi connectivity index (χ4v) is 1.31. The van der Waals surface area contributed by atoms with Gasteiger partial charge in [0.1, 0.15) is 11.3 Å². The number of aromatic carboxylic acids is 1. The molecule has 4 nitrogen and oxygen atoms in total. The number of rotatable bonds is 4. The van der Waals surface area contributed by atoms with Crippen molar-refractivity contribution in [3.05, 3.63) is 23.5 Å². The summed E-state index contributed by atoms with van der Waals surface area (Å²) in [4.78, 5) is 14.8. The summed E-state index contributed by atoms with van der Waals surface area (Å²) in [5, 5.41) is 8.92. The van der Waals surface area contributed by atoms with Crippen LogP contribution in [0.5, 0.6) is 5.75 Å². The van der Waals surface area contributed by atoms with Gasteiger partial charge in [-0.1, -0.05) is 0 Å². The first-order chi connectivity index (χ1) is 7.16. The average molecular weight is 207 g/mol. The van der Waals surface area contributed by atoms with Crippen molar-refractivity contribution in [2.75, 3.05) is 6.61 Å². The van der Waals surface area contributed by atoms with Gasteiger partial charge in [0.2, 0.25) is 0 Å². The molecule has 0 aromatic carbocycles. The second kappa shape index (κ2) is 3.88. The Morgan fingerprint density at radius 3 is 3.00 bits per heavy atom. The van der Waals surface area contributed by atoms with Gasteiger partial charge in [-0.05, 0) is 25.7 Å². The molecule has 80 valence electrons. The third-order valence-electron chi connectivity index (χ3n) is 2.40. The predicted molar refractivity (Wildman–Crippen MR) is 54.2 cm³/mol. The Hall–Kier alpha value is -1.58. The predicted octanol–water partition coefficient (Wildman–Crippen LogP) is 1.88. The van der Waals surface area contributed by atoms with E-state index in [-0.39, 0.29) is 5.56 Å². The molecule has 1 aromatic heterocycles. The number of nitrogens with zero attached hydrogens (tertiary/aromatic N) is 1. The molecule has 0 amide bonds. The Morgan fingerprint density at radius 1 is 1.67 bits per heavy atom. The van der Waals surface area contributed by atoms with Crippen LogP contribution in [0.4, 0.5) is 0 Å². The fraction of sp³-hybridized carbons (Fsp3) is 0.455. The summed E-state index contributed by atoms with van der Waals surface area (Å²) in [6, 6.07) is 1.67. The van der Waals surface area contributed by atoms with Crippen molar-refractivity contribution in [3.8, 4) is 5.75 Å². The van der Waals surface area contributed by atoms with Crippen molar-refractivity contribution >= 4 is 5.97 Å². The van der Waals surface area contributed by atoms with Gasteiger partial charge in [0.05, 0.1) is 6.61 Å². The van der Waals surface area contributed by atoms with E-state index in [1.54, 1.807) is 6.07 Å². The van der Waals surface area contributed by atoms with E-state index in [0.717, 1.165) is 5.69 Å². The zero-order valence-electron chi connectivity index (χ0n) is 8.56. The number of carboxylic acid groups (broad SMARTS) is 1. The first kappa shape index (κ1) is 9.96. The van der Waals surface area contributed by atoms with E-state index in [2.05, 4.69) is 4.98 Å².